The Morgan fingerprint density at radius 3 is 2.68 bits per heavy atom. The summed E-state index contributed by atoms with van der Waals surface area (Å²) in [6, 6.07) is 11.8. The summed E-state index contributed by atoms with van der Waals surface area (Å²) < 4.78 is 5.91. The van der Waals surface area contributed by atoms with E-state index in [0.717, 1.165) is 16.1 Å². The number of hydrogen-bond donors (Lipinski definition) is 0. The molecule has 2 aromatic carbocycles. The van der Waals surface area contributed by atoms with Crippen molar-refractivity contribution < 1.29 is 9.53 Å². The largest absolute Gasteiger partial charge is 0.492 e. The lowest BCUT2D eigenvalue weighted by Gasteiger charge is -2.15. The molecule has 3 heteroatoms. The predicted octanol–water partition coefficient (Wildman–Crippen LogP) is 4.45. The van der Waals surface area contributed by atoms with Crippen molar-refractivity contribution in [3.05, 3.63) is 42.0 Å². The van der Waals surface area contributed by atoms with E-state index < -0.39 is 0 Å². The normalized spacial score (nSPS) is 12.4. The maximum Gasteiger partial charge on any atom is 0.163 e. The van der Waals surface area contributed by atoms with E-state index in [1.165, 1.54) is 0 Å². The summed E-state index contributed by atoms with van der Waals surface area (Å²) in [5, 5.41) is 2.97. The zero-order chi connectivity index (χ0) is 13.8. The van der Waals surface area contributed by atoms with Crippen LogP contribution in [-0.2, 0) is 0 Å². The molecule has 0 N–H and O–H groups in total. The van der Waals surface area contributed by atoms with Gasteiger partial charge in [0.15, 0.2) is 5.78 Å². The number of fused-ring (bicyclic) bond motifs is 1. The first kappa shape index (κ1) is 14.1. The summed E-state index contributed by atoms with van der Waals surface area (Å²) in [5.41, 5.74) is 0.653. The molecule has 0 saturated heterocycles. The smallest absolute Gasteiger partial charge is 0.163 e. The van der Waals surface area contributed by atoms with Gasteiger partial charge >= 0.3 is 0 Å². The number of hydrogen-bond acceptors (Lipinski definition) is 2. The molecule has 100 valence electrons. The van der Waals surface area contributed by atoms with Gasteiger partial charge in [0.1, 0.15) is 5.75 Å². The second kappa shape index (κ2) is 6.20. The highest BCUT2D eigenvalue weighted by atomic mass is 79.9. The second-order valence-electron chi connectivity index (χ2n) is 4.79. The minimum Gasteiger partial charge on any atom is -0.492 e. The molecule has 0 aliphatic carbocycles. The third-order valence-electron chi connectivity index (χ3n) is 3.03. The summed E-state index contributed by atoms with van der Waals surface area (Å²) in [4.78, 5) is 11.7. The first-order valence-electron chi connectivity index (χ1n) is 6.35. The van der Waals surface area contributed by atoms with E-state index in [1.54, 1.807) is 6.92 Å². The van der Waals surface area contributed by atoms with Gasteiger partial charge in [-0.15, -0.1) is 0 Å². The van der Waals surface area contributed by atoms with Gasteiger partial charge in [0.2, 0.25) is 0 Å². The van der Waals surface area contributed by atoms with Gasteiger partial charge in [0.05, 0.1) is 12.2 Å². The number of rotatable bonds is 5. The number of carbonyl (C=O) groups excluding carboxylic acids is 1. The maximum atomic E-state index is 11.7. The van der Waals surface area contributed by atoms with Crippen molar-refractivity contribution in [2.45, 2.75) is 13.8 Å². The number of benzene rings is 2. The van der Waals surface area contributed by atoms with Crippen molar-refractivity contribution in [2.75, 3.05) is 11.9 Å². The summed E-state index contributed by atoms with van der Waals surface area (Å²) in [6.07, 6.45) is 0. The number of alkyl halides is 1. The Labute approximate surface area is 121 Å². The molecule has 2 aromatic rings. The lowest BCUT2D eigenvalue weighted by molar-refractivity contribution is 0.101. The van der Waals surface area contributed by atoms with Crippen LogP contribution in [0.4, 0.5) is 0 Å². The summed E-state index contributed by atoms with van der Waals surface area (Å²) in [6.45, 7) is 4.28. The highest BCUT2D eigenvalue weighted by Gasteiger charge is 2.13. The molecule has 0 aliphatic rings. The fourth-order valence-electron chi connectivity index (χ4n) is 1.95. The van der Waals surface area contributed by atoms with Crippen LogP contribution in [0.15, 0.2) is 36.4 Å². The molecule has 0 aliphatic heterocycles. The minimum absolute atomic E-state index is 0.0345. The average Bonchev–Trinajstić information content (AvgIpc) is 2.43. The lowest BCUT2D eigenvalue weighted by Crippen LogP contribution is -2.11. The van der Waals surface area contributed by atoms with Crippen LogP contribution in [-0.4, -0.2) is 17.7 Å². The zero-order valence-electron chi connectivity index (χ0n) is 11.2. The molecule has 2 nitrogen and oxygen atoms in total. The minimum atomic E-state index is 0.0345. The monoisotopic (exact) mass is 320 g/mol. The third kappa shape index (κ3) is 3.16. The average molecular weight is 321 g/mol. The molecule has 1 unspecified atom stereocenters. The van der Waals surface area contributed by atoms with Gasteiger partial charge in [0.25, 0.3) is 0 Å². The van der Waals surface area contributed by atoms with E-state index in [-0.39, 0.29) is 5.78 Å². The number of ketones is 1. The van der Waals surface area contributed by atoms with Gasteiger partial charge in [-0.05, 0) is 24.3 Å². The molecule has 0 radical (unpaired) electrons. The molecule has 1 atom stereocenters. The Kier molecular flexibility index (Phi) is 4.59. The molecule has 0 aromatic heterocycles. The van der Waals surface area contributed by atoms with Crippen LogP contribution in [0.2, 0.25) is 0 Å². The van der Waals surface area contributed by atoms with E-state index in [9.17, 15) is 4.79 Å². The molecule has 2 rings (SSSR count). The Morgan fingerprint density at radius 1 is 1.26 bits per heavy atom. The number of Topliss-reactive ketones (excluding diaryl/α,β-unsaturated/α-hetero) is 1. The van der Waals surface area contributed by atoms with Crippen molar-refractivity contribution in [2.24, 2.45) is 5.92 Å². The number of halogens is 1. The van der Waals surface area contributed by atoms with Crippen LogP contribution in [0.3, 0.4) is 0 Å². The molecule has 0 heterocycles. The molecule has 0 saturated carbocycles. The van der Waals surface area contributed by atoms with Crippen LogP contribution in [0.5, 0.6) is 5.75 Å². The predicted molar refractivity (Wildman–Crippen MR) is 82.4 cm³/mol. The summed E-state index contributed by atoms with van der Waals surface area (Å²) in [5.74, 6) is 1.14. The SMILES string of the molecule is CC(=O)c1ccc2ccccc2c1OCC(C)CBr. The zero-order valence-corrected chi connectivity index (χ0v) is 12.7. The van der Waals surface area contributed by atoms with E-state index in [0.29, 0.717) is 23.8 Å². The molecular weight excluding hydrogens is 304 g/mol. The van der Waals surface area contributed by atoms with Crippen LogP contribution in [0, 0.1) is 5.92 Å². The standard InChI is InChI=1S/C16H17BrO2/c1-11(9-17)10-19-16-14(12(2)18)8-7-13-5-3-4-6-15(13)16/h3-8,11H,9-10H2,1-2H3. The van der Waals surface area contributed by atoms with E-state index in [4.69, 9.17) is 4.74 Å². The number of ether oxygens (including phenoxy) is 1. The van der Waals surface area contributed by atoms with E-state index >= 15 is 0 Å². The molecule has 0 fully saturated rings. The summed E-state index contributed by atoms with van der Waals surface area (Å²) >= 11 is 3.44. The topological polar surface area (TPSA) is 26.3 Å². The van der Waals surface area contributed by atoms with Crippen molar-refractivity contribution in [3.8, 4) is 5.75 Å². The van der Waals surface area contributed by atoms with E-state index in [2.05, 4.69) is 22.9 Å². The number of carbonyl (C=O) groups is 1. The fraction of sp³-hybridized carbons (Fsp3) is 0.312. The third-order valence-corrected chi connectivity index (χ3v) is 4.14. The van der Waals surface area contributed by atoms with E-state index in [1.807, 2.05) is 36.4 Å². The van der Waals surface area contributed by atoms with Crippen LogP contribution in [0.1, 0.15) is 24.2 Å². The highest BCUT2D eigenvalue weighted by molar-refractivity contribution is 9.09. The molecule has 0 bridgehead atoms. The van der Waals surface area contributed by atoms with Gasteiger partial charge < -0.3 is 4.74 Å². The molecule has 19 heavy (non-hydrogen) atoms. The fourth-order valence-corrected chi connectivity index (χ4v) is 2.13. The Balaban J connectivity index is 2.46. The molecular formula is C16H17BrO2. The Bertz CT molecular complexity index is 592. The van der Waals surface area contributed by atoms with Crippen LogP contribution >= 0.6 is 15.9 Å². The van der Waals surface area contributed by atoms with Crippen molar-refractivity contribution in [3.63, 3.8) is 0 Å². The second-order valence-corrected chi connectivity index (χ2v) is 5.44. The van der Waals surface area contributed by atoms with Gasteiger partial charge in [-0.1, -0.05) is 53.2 Å². The van der Waals surface area contributed by atoms with Gasteiger partial charge in [-0.25, -0.2) is 0 Å². The molecule has 0 spiro atoms. The molecule has 0 amide bonds. The highest BCUT2D eigenvalue weighted by Crippen LogP contribution is 2.30. The van der Waals surface area contributed by atoms with Crippen LogP contribution < -0.4 is 4.74 Å². The first-order valence-corrected chi connectivity index (χ1v) is 7.47. The summed E-state index contributed by atoms with van der Waals surface area (Å²) in [7, 11) is 0. The Morgan fingerprint density at radius 2 is 2.00 bits per heavy atom. The first-order chi connectivity index (χ1) is 9.13. The van der Waals surface area contributed by atoms with Gasteiger partial charge in [-0.3, -0.25) is 4.79 Å². The maximum absolute atomic E-state index is 11.7. The van der Waals surface area contributed by atoms with Gasteiger partial charge in [-0.2, -0.15) is 0 Å². The van der Waals surface area contributed by atoms with Crippen molar-refractivity contribution >= 4 is 32.5 Å². The van der Waals surface area contributed by atoms with Crippen molar-refractivity contribution in [1.82, 2.24) is 0 Å². The lowest BCUT2D eigenvalue weighted by atomic mass is 10.0. The van der Waals surface area contributed by atoms with Gasteiger partial charge in [0, 0.05) is 10.7 Å². The Hall–Kier alpha value is -1.35. The van der Waals surface area contributed by atoms with Crippen LogP contribution in [0.25, 0.3) is 10.8 Å². The quantitative estimate of drug-likeness (QED) is 0.601. The van der Waals surface area contributed by atoms with Crippen molar-refractivity contribution in [1.29, 1.82) is 0 Å².